The van der Waals surface area contributed by atoms with Crippen molar-refractivity contribution in [1.82, 2.24) is 25.2 Å². The lowest BCUT2D eigenvalue weighted by atomic mass is 9.93. The van der Waals surface area contributed by atoms with E-state index in [1.165, 1.54) is 12.8 Å². The molecule has 0 bridgehead atoms. The highest BCUT2D eigenvalue weighted by molar-refractivity contribution is 5.91. The molecule has 0 saturated carbocycles. The van der Waals surface area contributed by atoms with Gasteiger partial charge < -0.3 is 20.2 Å². The molecular formula is C39H39N7O2. The molecule has 0 unspecified atom stereocenters. The molecule has 9 nitrogen and oxygen atoms in total. The number of pyridine rings is 2. The van der Waals surface area contributed by atoms with Crippen molar-refractivity contribution >= 4 is 33.5 Å². The SMILES string of the molecule is Cc1c(Nc2nccc3cc(CNC[C@H](C)O)cnc23)cccc1-c1cccc(-c2nc3cc(CN4CCCC4)cc(C#N)c3o2)c1C. The molecule has 1 atom stereocenters. The normalized spacial score (nSPS) is 14.1. The summed E-state index contributed by atoms with van der Waals surface area (Å²) in [6.45, 7) is 10.1. The Bertz CT molecular complexity index is 2160. The van der Waals surface area contributed by atoms with Gasteiger partial charge in [-0.1, -0.05) is 24.3 Å². The largest absolute Gasteiger partial charge is 0.435 e. The minimum atomic E-state index is -0.402. The van der Waals surface area contributed by atoms with E-state index in [4.69, 9.17) is 14.4 Å². The predicted octanol–water partition coefficient (Wildman–Crippen LogP) is 7.40. The molecule has 242 valence electrons. The molecule has 48 heavy (non-hydrogen) atoms. The number of oxazole rings is 1. The highest BCUT2D eigenvalue weighted by Gasteiger charge is 2.20. The van der Waals surface area contributed by atoms with Crippen molar-refractivity contribution in [2.75, 3.05) is 25.0 Å². The zero-order valence-electron chi connectivity index (χ0n) is 27.5. The summed E-state index contributed by atoms with van der Waals surface area (Å²) >= 11 is 0. The van der Waals surface area contributed by atoms with E-state index in [0.29, 0.717) is 41.5 Å². The Morgan fingerprint density at radius 1 is 0.958 bits per heavy atom. The second-order valence-electron chi connectivity index (χ2n) is 12.7. The van der Waals surface area contributed by atoms with Crippen LogP contribution in [0, 0.1) is 25.2 Å². The first-order valence-corrected chi connectivity index (χ1v) is 16.5. The fourth-order valence-corrected chi connectivity index (χ4v) is 6.65. The van der Waals surface area contributed by atoms with E-state index in [9.17, 15) is 10.4 Å². The van der Waals surface area contributed by atoms with Crippen LogP contribution in [0.2, 0.25) is 0 Å². The van der Waals surface area contributed by atoms with Crippen molar-refractivity contribution in [3.8, 4) is 28.7 Å². The van der Waals surface area contributed by atoms with Gasteiger partial charge in [0, 0.05) is 48.7 Å². The maximum Gasteiger partial charge on any atom is 0.227 e. The summed E-state index contributed by atoms with van der Waals surface area (Å²) in [5, 5.41) is 27.3. The quantitative estimate of drug-likeness (QED) is 0.141. The van der Waals surface area contributed by atoms with Gasteiger partial charge in [-0.15, -0.1) is 0 Å². The van der Waals surface area contributed by atoms with Crippen LogP contribution in [0.4, 0.5) is 11.5 Å². The molecule has 0 amide bonds. The fourth-order valence-electron chi connectivity index (χ4n) is 6.65. The number of aromatic nitrogens is 3. The van der Waals surface area contributed by atoms with Crippen molar-refractivity contribution < 1.29 is 9.52 Å². The van der Waals surface area contributed by atoms with Crippen molar-refractivity contribution in [2.24, 2.45) is 0 Å². The number of likely N-dealkylation sites (tertiary alicyclic amines) is 1. The Balaban J connectivity index is 1.18. The number of nitrogens with zero attached hydrogens (tertiary/aromatic N) is 5. The lowest BCUT2D eigenvalue weighted by Crippen LogP contribution is -2.23. The van der Waals surface area contributed by atoms with Crippen LogP contribution in [0.3, 0.4) is 0 Å². The first-order valence-electron chi connectivity index (χ1n) is 16.5. The lowest BCUT2D eigenvalue weighted by molar-refractivity contribution is 0.191. The van der Waals surface area contributed by atoms with Crippen LogP contribution in [0.5, 0.6) is 0 Å². The summed E-state index contributed by atoms with van der Waals surface area (Å²) in [6.07, 6.45) is 5.68. The molecule has 3 N–H and O–H groups in total. The number of hydrogen-bond acceptors (Lipinski definition) is 9. The minimum absolute atomic E-state index is 0.402. The Morgan fingerprint density at radius 3 is 2.52 bits per heavy atom. The fraction of sp³-hybridized carbons (Fsp3) is 0.282. The maximum atomic E-state index is 9.95. The smallest absolute Gasteiger partial charge is 0.227 e. The van der Waals surface area contributed by atoms with E-state index < -0.39 is 6.10 Å². The van der Waals surface area contributed by atoms with Crippen LogP contribution in [-0.4, -0.2) is 50.7 Å². The number of nitrogens with one attached hydrogen (secondary N) is 2. The number of fused-ring (bicyclic) bond motifs is 2. The summed E-state index contributed by atoms with van der Waals surface area (Å²) in [4.78, 5) is 16.7. The van der Waals surface area contributed by atoms with Gasteiger partial charge in [0.05, 0.1) is 11.7 Å². The molecule has 3 aromatic heterocycles. The molecule has 1 saturated heterocycles. The van der Waals surface area contributed by atoms with E-state index in [1.54, 1.807) is 13.1 Å². The molecule has 6 aromatic rings. The van der Waals surface area contributed by atoms with Gasteiger partial charge in [0.1, 0.15) is 17.1 Å². The molecule has 1 aliphatic rings. The van der Waals surface area contributed by atoms with Crippen LogP contribution < -0.4 is 10.6 Å². The van der Waals surface area contributed by atoms with Gasteiger partial charge in [-0.2, -0.15) is 5.26 Å². The number of benzene rings is 3. The molecule has 4 heterocycles. The van der Waals surface area contributed by atoms with Crippen LogP contribution in [0.25, 0.3) is 44.6 Å². The van der Waals surface area contributed by atoms with Crippen molar-refractivity contribution in [2.45, 2.75) is 52.8 Å². The Labute approximate surface area is 280 Å². The molecule has 0 radical (unpaired) electrons. The average molecular weight is 638 g/mol. The highest BCUT2D eigenvalue weighted by Crippen LogP contribution is 2.37. The van der Waals surface area contributed by atoms with Crippen LogP contribution >= 0.6 is 0 Å². The van der Waals surface area contributed by atoms with Gasteiger partial charge in [0.2, 0.25) is 5.89 Å². The number of anilines is 2. The molecular weight excluding hydrogens is 598 g/mol. The van der Waals surface area contributed by atoms with E-state index in [0.717, 1.165) is 75.2 Å². The topological polar surface area (TPSA) is 123 Å². The number of nitriles is 1. The third-order valence-electron chi connectivity index (χ3n) is 9.14. The number of hydrogen-bond donors (Lipinski definition) is 3. The van der Waals surface area contributed by atoms with E-state index in [2.05, 4.69) is 70.8 Å². The van der Waals surface area contributed by atoms with Crippen molar-refractivity contribution in [3.05, 3.63) is 101 Å². The molecule has 1 aliphatic heterocycles. The first-order chi connectivity index (χ1) is 23.4. The minimum Gasteiger partial charge on any atom is -0.435 e. The monoisotopic (exact) mass is 637 g/mol. The van der Waals surface area contributed by atoms with Crippen molar-refractivity contribution in [1.29, 1.82) is 5.26 Å². The van der Waals surface area contributed by atoms with Gasteiger partial charge in [-0.3, -0.25) is 9.88 Å². The number of aliphatic hydroxyl groups excluding tert-OH is 1. The second-order valence-corrected chi connectivity index (χ2v) is 12.7. The lowest BCUT2D eigenvalue weighted by Gasteiger charge is -2.16. The molecule has 3 aromatic carbocycles. The summed E-state index contributed by atoms with van der Waals surface area (Å²) in [5.74, 6) is 1.20. The molecule has 7 rings (SSSR count). The zero-order chi connectivity index (χ0) is 33.2. The first kappa shape index (κ1) is 31.5. The summed E-state index contributed by atoms with van der Waals surface area (Å²) < 4.78 is 6.30. The molecule has 0 spiro atoms. The Hall–Kier alpha value is -5.14. The van der Waals surface area contributed by atoms with Crippen LogP contribution in [0.15, 0.2) is 77.5 Å². The van der Waals surface area contributed by atoms with E-state index in [1.807, 2.05) is 36.5 Å². The maximum absolute atomic E-state index is 9.95. The molecule has 1 fully saturated rings. The van der Waals surface area contributed by atoms with Gasteiger partial charge in [0.15, 0.2) is 11.4 Å². The second kappa shape index (κ2) is 13.5. The van der Waals surface area contributed by atoms with Crippen LogP contribution in [0.1, 0.15) is 47.6 Å². The highest BCUT2D eigenvalue weighted by atomic mass is 16.3. The van der Waals surface area contributed by atoms with Gasteiger partial charge in [0.25, 0.3) is 0 Å². The summed E-state index contributed by atoms with van der Waals surface area (Å²) in [6, 6.07) is 22.8. The van der Waals surface area contributed by atoms with Crippen LogP contribution in [-0.2, 0) is 13.1 Å². The Kier molecular flexibility index (Phi) is 8.87. The number of aliphatic hydroxyl groups is 1. The zero-order valence-corrected chi connectivity index (χ0v) is 27.5. The third kappa shape index (κ3) is 6.38. The average Bonchev–Trinajstić information content (AvgIpc) is 3.76. The van der Waals surface area contributed by atoms with Gasteiger partial charge >= 0.3 is 0 Å². The van der Waals surface area contributed by atoms with Crippen molar-refractivity contribution in [3.63, 3.8) is 0 Å². The molecule has 0 aliphatic carbocycles. The summed E-state index contributed by atoms with van der Waals surface area (Å²) in [5.41, 5.74) is 10.8. The van der Waals surface area contributed by atoms with E-state index >= 15 is 0 Å². The number of rotatable bonds is 10. The van der Waals surface area contributed by atoms with Gasteiger partial charge in [-0.25, -0.2) is 9.97 Å². The summed E-state index contributed by atoms with van der Waals surface area (Å²) in [7, 11) is 0. The Morgan fingerprint density at radius 2 is 1.73 bits per heavy atom. The van der Waals surface area contributed by atoms with Gasteiger partial charge in [-0.05, 0) is 116 Å². The standard InChI is InChI=1S/C39H39N7O2/c1-24(47)20-41-21-28-17-29-12-13-42-38(36(29)43-22-28)44-34-11-7-9-32(26(34)3)31-8-6-10-33(25(31)2)39-45-35-18-27(23-46-14-4-5-15-46)16-30(19-40)37(35)48-39/h6-13,16-18,22,24,41,47H,4-5,14-15,20-21,23H2,1-3H3,(H,42,44)/t24-/m0/s1. The predicted molar refractivity (Wildman–Crippen MR) is 190 cm³/mol. The third-order valence-corrected chi connectivity index (χ3v) is 9.14. The van der Waals surface area contributed by atoms with E-state index in [-0.39, 0.29) is 0 Å². The molecule has 9 heteroatoms.